The molecule has 0 atom stereocenters. The summed E-state index contributed by atoms with van der Waals surface area (Å²) < 4.78 is 0. The predicted octanol–water partition coefficient (Wildman–Crippen LogP) is 7.27. The van der Waals surface area contributed by atoms with Crippen LogP contribution in [0.4, 0.5) is 0 Å². The van der Waals surface area contributed by atoms with Gasteiger partial charge in [-0.15, -0.1) is 0 Å². The zero-order valence-corrected chi connectivity index (χ0v) is 15.4. The molecule has 1 rings (SSSR count). The van der Waals surface area contributed by atoms with Crippen LogP contribution in [0, 0.1) is 0 Å². The molecule has 0 aromatic heterocycles. The molecular weight excluding hydrogens is 264 g/mol. The van der Waals surface area contributed by atoms with E-state index >= 15 is 0 Å². The molecular formula is C22H38. The minimum absolute atomic E-state index is 1.25. The Hall–Kier alpha value is -0.780. The molecule has 0 fully saturated rings. The molecule has 0 nitrogen and oxygen atoms in total. The number of aryl methyl sites for hydroxylation is 2. The van der Waals surface area contributed by atoms with Gasteiger partial charge in [-0.3, -0.25) is 0 Å². The van der Waals surface area contributed by atoms with Crippen molar-refractivity contribution in [1.29, 1.82) is 0 Å². The van der Waals surface area contributed by atoms with Gasteiger partial charge in [0.25, 0.3) is 0 Å². The molecule has 0 radical (unpaired) electrons. The Morgan fingerprint density at radius 3 is 1.77 bits per heavy atom. The van der Waals surface area contributed by atoms with Gasteiger partial charge in [-0.05, 0) is 48.8 Å². The second kappa shape index (κ2) is 12.7. The Balaban J connectivity index is 2.48. The molecule has 0 heterocycles. The summed E-state index contributed by atoms with van der Waals surface area (Å²) in [6.07, 6.45) is 17.6. The van der Waals surface area contributed by atoms with E-state index in [1.807, 2.05) is 0 Å². The first-order valence-corrected chi connectivity index (χ1v) is 9.93. The summed E-state index contributed by atoms with van der Waals surface area (Å²) in [6.45, 7) is 6.89. The van der Waals surface area contributed by atoms with Crippen molar-refractivity contribution in [3.8, 4) is 0 Å². The Morgan fingerprint density at radius 2 is 1.14 bits per heavy atom. The van der Waals surface area contributed by atoms with Gasteiger partial charge in [0.05, 0.1) is 0 Å². The third-order valence-electron chi connectivity index (χ3n) is 4.72. The second-order valence-corrected chi connectivity index (χ2v) is 6.78. The number of unbranched alkanes of at least 4 members (excludes halogenated alkanes) is 7. The van der Waals surface area contributed by atoms with Crippen molar-refractivity contribution in [1.82, 2.24) is 0 Å². The van der Waals surface area contributed by atoms with Crippen LogP contribution in [-0.2, 0) is 19.3 Å². The molecule has 1 aromatic carbocycles. The van der Waals surface area contributed by atoms with Crippen molar-refractivity contribution in [2.45, 2.75) is 104 Å². The summed E-state index contributed by atoms with van der Waals surface area (Å²) in [4.78, 5) is 0. The van der Waals surface area contributed by atoms with Crippen LogP contribution in [0.1, 0.15) is 102 Å². The molecule has 0 saturated heterocycles. The average Bonchev–Trinajstić information content (AvgIpc) is 2.53. The van der Waals surface area contributed by atoms with Gasteiger partial charge in [0.15, 0.2) is 0 Å². The summed E-state index contributed by atoms with van der Waals surface area (Å²) in [5.74, 6) is 0. The highest BCUT2D eigenvalue weighted by atomic mass is 14.1. The molecule has 126 valence electrons. The van der Waals surface area contributed by atoms with E-state index in [4.69, 9.17) is 0 Å². The largest absolute Gasteiger partial charge is 0.0654 e. The number of hydrogen-bond acceptors (Lipinski definition) is 0. The van der Waals surface area contributed by atoms with Crippen LogP contribution < -0.4 is 0 Å². The number of hydrogen-bond donors (Lipinski definition) is 0. The van der Waals surface area contributed by atoms with Crippen LogP contribution in [0.15, 0.2) is 18.2 Å². The molecule has 0 unspecified atom stereocenters. The average molecular weight is 303 g/mol. The number of rotatable bonds is 13. The molecule has 0 aliphatic rings. The molecule has 22 heavy (non-hydrogen) atoms. The second-order valence-electron chi connectivity index (χ2n) is 6.78. The minimum atomic E-state index is 1.25. The predicted molar refractivity (Wildman–Crippen MR) is 101 cm³/mol. The monoisotopic (exact) mass is 302 g/mol. The summed E-state index contributed by atoms with van der Waals surface area (Å²) in [5.41, 5.74) is 4.96. The van der Waals surface area contributed by atoms with Crippen molar-refractivity contribution in [2.75, 3.05) is 0 Å². The van der Waals surface area contributed by atoms with Gasteiger partial charge in [0.2, 0.25) is 0 Å². The van der Waals surface area contributed by atoms with Crippen LogP contribution in [0.5, 0.6) is 0 Å². The minimum Gasteiger partial charge on any atom is -0.0654 e. The lowest BCUT2D eigenvalue weighted by Gasteiger charge is -2.14. The maximum atomic E-state index is 2.39. The van der Waals surface area contributed by atoms with E-state index in [1.165, 1.54) is 83.5 Å². The van der Waals surface area contributed by atoms with E-state index in [9.17, 15) is 0 Å². The molecule has 0 spiro atoms. The number of benzene rings is 1. The lowest BCUT2D eigenvalue weighted by Crippen LogP contribution is -2.01. The summed E-state index contributed by atoms with van der Waals surface area (Å²) in [5, 5.41) is 0. The van der Waals surface area contributed by atoms with Gasteiger partial charge in [0, 0.05) is 0 Å². The molecule has 1 aromatic rings. The van der Waals surface area contributed by atoms with E-state index in [-0.39, 0.29) is 0 Å². The normalized spacial score (nSPS) is 11.0. The fourth-order valence-electron chi connectivity index (χ4n) is 3.37. The Labute approximate surface area is 139 Å². The van der Waals surface area contributed by atoms with Gasteiger partial charge in [-0.1, -0.05) is 90.3 Å². The first kappa shape index (κ1) is 19.3. The molecule has 0 saturated carbocycles. The highest BCUT2D eigenvalue weighted by Crippen LogP contribution is 2.21. The van der Waals surface area contributed by atoms with E-state index in [2.05, 4.69) is 39.0 Å². The van der Waals surface area contributed by atoms with Crippen molar-refractivity contribution in [3.63, 3.8) is 0 Å². The Morgan fingerprint density at radius 1 is 0.545 bits per heavy atom. The molecule has 0 amide bonds. The topological polar surface area (TPSA) is 0 Å². The van der Waals surface area contributed by atoms with Gasteiger partial charge < -0.3 is 0 Å². The SMILES string of the molecule is CCCCCCCCCc1cccc(CCC)c1CCCC. The smallest absolute Gasteiger partial charge is 0.0274 e. The third-order valence-corrected chi connectivity index (χ3v) is 4.72. The van der Waals surface area contributed by atoms with E-state index in [0.29, 0.717) is 0 Å². The Kier molecular flexibility index (Phi) is 11.2. The third kappa shape index (κ3) is 7.47. The van der Waals surface area contributed by atoms with Crippen molar-refractivity contribution in [3.05, 3.63) is 34.9 Å². The highest BCUT2D eigenvalue weighted by molar-refractivity contribution is 5.36. The molecule has 0 bridgehead atoms. The Bertz CT molecular complexity index is 378. The van der Waals surface area contributed by atoms with Gasteiger partial charge >= 0.3 is 0 Å². The van der Waals surface area contributed by atoms with Crippen LogP contribution in [0.3, 0.4) is 0 Å². The van der Waals surface area contributed by atoms with E-state index in [0.717, 1.165) is 0 Å². The maximum Gasteiger partial charge on any atom is -0.0274 e. The van der Waals surface area contributed by atoms with E-state index < -0.39 is 0 Å². The fraction of sp³-hybridized carbons (Fsp3) is 0.727. The molecule has 0 N–H and O–H groups in total. The lowest BCUT2D eigenvalue weighted by atomic mass is 9.91. The molecule has 0 aliphatic carbocycles. The zero-order valence-electron chi connectivity index (χ0n) is 15.4. The summed E-state index contributed by atoms with van der Waals surface area (Å²) in [6, 6.07) is 7.04. The standard InChI is InChI=1S/C22H38/c1-4-7-9-10-11-12-13-16-21-18-14-17-20(15-6-3)22(21)19-8-5-2/h14,17-18H,4-13,15-16,19H2,1-3H3. The lowest BCUT2D eigenvalue weighted by molar-refractivity contribution is 0.588. The first-order chi connectivity index (χ1) is 10.8. The summed E-state index contributed by atoms with van der Waals surface area (Å²) >= 11 is 0. The van der Waals surface area contributed by atoms with Crippen molar-refractivity contribution >= 4 is 0 Å². The zero-order chi connectivity index (χ0) is 16.0. The van der Waals surface area contributed by atoms with E-state index in [1.54, 1.807) is 16.7 Å². The molecule has 0 heteroatoms. The fourth-order valence-corrected chi connectivity index (χ4v) is 3.37. The van der Waals surface area contributed by atoms with Crippen LogP contribution in [0.25, 0.3) is 0 Å². The first-order valence-electron chi connectivity index (χ1n) is 9.93. The van der Waals surface area contributed by atoms with Gasteiger partial charge in [-0.25, -0.2) is 0 Å². The maximum absolute atomic E-state index is 2.39. The van der Waals surface area contributed by atoms with Gasteiger partial charge in [0.1, 0.15) is 0 Å². The quantitative estimate of drug-likeness (QED) is 0.336. The van der Waals surface area contributed by atoms with Crippen molar-refractivity contribution < 1.29 is 0 Å². The molecule has 0 aliphatic heterocycles. The van der Waals surface area contributed by atoms with Gasteiger partial charge in [-0.2, -0.15) is 0 Å². The van der Waals surface area contributed by atoms with Crippen molar-refractivity contribution in [2.24, 2.45) is 0 Å². The van der Waals surface area contributed by atoms with Crippen LogP contribution >= 0.6 is 0 Å². The summed E-state index contributed by atoms with van der Waals surface area (Å²) in [7, 11) is 0. The van der Waals surface area contributed by atoms with Crippen LogP contribution in [0.2, 0.25) is 0 Å². The van der Waals surface area contributed by atoms with Crippen LogP contribution in [-0.4, -0.2) is 0 Å². The highest BCUT2D eigenvalue weighted by Gasteiger charge is 2.07.